The Morgan fingerprint density at radius 2 is 2.11 bits per heavy atom. The van der Waals surface area contributed by atoms with Gasteiger partial charge in [0.15, 0.2) is 5.75 Å². The van der Waals surface area contributed by atoms with Gasteiger partial charge in [-0.2, -0.15) is 0 Å². The van der Waals surface area contributed by atoms with Gasteiger partial charge in [-0.1, -0.05) is 0 Å². The first kappa shape index (κ1) is 11.7. The SMILES string of the molecule is O=C(O)C1(c2cc3c(c([N+](=O)[O-])c2)OCO3)COC1. The molecule has 1 N–H and O–H groups in total. The van der Waals surface area contributed by atoms with E-state index in [1.165, 1.54) is 12.1 Å². The van der Waals surface area contributed by atoms with Crippen molar-refractivity contribution in [2.24, 2.45) is 0 Å². The number of rotatable bonds is 3. The van der Waals surface area contributed by atoms with Crippen molar-refractivity contribution in [3.05, 3.63) is 27.8 Å². The van der Waals surface area contributed by atoms with E-state index >= 15 is 0 Å². The third-order valence-electron chi connectivity index (χ3n) is 3.31. The van der Waals surface area contributed by atoms with Gasteiger partial charge in [0.2, 0.25) is 12.5 Å². The van der Waals surface area contributed by atoms with Crippen LogP contribution in [-0.2, 0) is 14.9 Å². The Kier molecular flexibility index (Phi) is 2.36. The molecular formula is C11H9NO7. The van der Waals surface area contributed by atoms with E-state index in [-0.39, 0.29) is 37.2 Å². The van der Waals surface area contributed by atoms with E-state index in [0.717, 1.165) is 0 Å². The lowest BCUT2D eigenvalue weighted by Crippen LogP contribution is -2.53. The van der Waals surface area contributed by atoms with E-state index in [1.54, 1.807) is 0 Å². The summed E-state index contributed by atoms with van der Waals surface area (Å²) in [5.74, 6) is -0.849. The number of nitrogens with zero attached hydrogens (tertiary/aromatic N) is 1. The lowest BCUT2D eigenvalue weighted by Gasteiger charge is -2.37. The molecule has 0 aromatic heterocycles. The Hall–Kier alpha value is -2.35. The van der Waals surface area contributed by atoms with E-state index in [1.807, 2.05) is 0 Å². The number of aliphatic carboxylic acids is 1. The average Bonchev–Trinajstić information content (AvgIpc) is 2.73. The number of carboxylic acids is 1. The van der Waals surface area contributed by atoms with Gasteiger partial charge in [-0.05, 0) is 11.6 Å². The third kappa shape index (κ3) is 1.53. The van der Waals surface area contributed by atoms with Crippen molar-refractivity contribution in [1.29, 1.82) is 0 Å². The summed E-state index contributed by atoms with van der Waals surface area (Å²) in [5.41, 5.74) is -1.24. The van der Waals surface area contributed by atoms with Gasteiger partial charge in [0.25, 0.3) is 0 Å². The standard InChI is InChI=1S/C11H9NO7/c13-10(14)11(3-17-4-11)6-1-7(12(15)16)9-8(2-6)18-5-19-9/h1-2H,3-5H2,(H,13,14). The zero-order valence-electron chi connectivity index (χ0n) is 9.62. The molecule has 8 heteroatoms. The second-order valence-corrected chi connectivity index (χ2v) is 4.37. The molecule has 1 aromatic rings. The van der Waals surface area contributed by atoms with Crippen LogP contribution >= 0.6 is 0 Å². The summed E-state index contributed by atoms with van der Waals surface area (Å²) in [6.45, 7) is -0.144. The van der Waals surface area contributed by atoms with Crippen LogP contribution in [0, 0.1) is 10.1 Å². The van der Waals surface area contributed by atoms with Crippen LogP contribution in [0.4, 0.5) is 5.69 Å². The van der Waals surface area contributed by atoms with Crippen LogP contribution in [-0.4, -0.2) is 36.0 Å². The van der Waals surface area contributed by atoms with Crippen molar-refractivity contribution in [2.45, 2.75) is 5.41 Å². The van der Waals surface area contributed by atoms with Crippen LogP contribution in [0.15, 0.2) is 12.1 Å². The van der Waals surface area contributed by atoms with Gasteiger partial charge in [0, 0.05) is 6.07 Å². The second-order valence-electron chi connectivity index (χ2n) is 4.37. The third-order valence-corrected chi connectivity index (χ3v) is 3.31. The summed E-state index contributed by atoms with van der Waals surface area (Å²) < 4.78 is 15.1. The van der Waals surface area contributed by atoms with Gasteiger partial charge in [-0.3, -0.25) is 14.9 Å². The molecule has 1 fully saturated rings. The molecule has 1 aromatic carbocycles. The number of carboxylic acid groups (broad SMARTS) is 1. The molecule has 2 aliphatic heterocycles. The van der Waals surface area contributed by atoms with Crippen molar-refractivity contribution >= 4 is 11.7 Å². The van der Waals surface area contributed by atoms with Gasteiger partial charge in [-0.25, -0.2) is 0 Å². The fourth-order valence-electron chi connectivity index (χ4n) is 2.12. The molecule has 0 atom stereocenters. The van der Waals surface area contributed by atoms with E-state index in [2.05, 4.69) is 0 Å². The lowest BCUT2D eigenvalue weighted by atomic mass is 9.78. The number of nitro groups is 1. The normalized spacial score (nSPS) is 18.7. The van der Waals surface area contributed by atoms with E-state index in [9.17, 15) is 20.0 Å². The minimum absolute atomic E-state index is 0.0148. The number of fused-ring (bicyclic) bond motifs is 1. The van der Waals surface area contributed by atoms with Crippen molar-refractivity contribution in [3.8, 4) is 11.5 Å². The molecule has 0 amide bonds. The molecule has 0 aliphatic carbocycles. The summed E-state index contributed by atoms with van der Waals surface area (Å²) in [6.07, 6.45) is 0. The van der Waals surface area contributed by atoms with E-state index in [0.29, 0.717) is 5.56 Å². The monoisotopic (exact) mass is 267 g/mol. The fraction of sp³-hybridized carbons (Fsp3) is 0.364. The highest BCUT2D eigenvalue weighted by molar-refractivity contribution is 5.84. The highest BCUT2D eigenvalue weighted by Gasteiger charge is 2.49. The minimum atomic E-state index is -1.24. The smallest absolute Gasteiger partial charge is 0.318 e. The van der Waals surface area contributed by atoms with Crippen LogP contribution in [0.1, 0.15) is 5.56 Å². The first-order valence-corrected chi connectivity index (χ1v) is 5.44. The fourth-order valence-corrected chi connectivity index (χ4v) is 2.12. The van der Waals surface area contributed by atoms with Crippen LogP contribution in [0.3, 0.4) is 0 Å². The van der Waals surface area contributed by atoms with E-state index in [4.69, 9.17) is 14.2 Å². The average molecular weight is 267 g/mol. The zero-order chi connectivity index (χ0) is 13.6. The van der Waals surface area contributed by atoms with Crippen LogP contribution in [0.25, 0.3) is 0 Å². The summed E-state index contributed by atoms with van der Waals surface area (Å²) in [4.78, 5) is 21.8. The lowest BCUT2D eigenvalue weighted by molar-refractivity contribution is -0.385. The Labute approximate surface area is 106 Å². The summed E-state index contributed by atoms with van der Waals surface area (Å²) in [5, 5.41) is 20.3. The van der Waals surface area contributed by atoms with Gasteiger partial charge in [0.05, 0.1) is 18.1 Å². The molecular weight excluding hydrogens is 258 g/mol. The molecule has 100 valence electrons. The van der Waals surface area contributed by atoms with Gasteiger partial charge in [-0.15, -0.1) is 0 Å². The second kappa shape index (κ2) is 3.82. The van der Waals surface area contributed by atoms with Crippen LogP contribution in [0.2, 0.25) is 0 Å². The maximum absolute atomic E-state index is 11.4. The molecule has 2 heterocycles. The number of hydrogen-bond donors (Lipinski definition) is 1. The number of hydrogen-bond acceptors (Lipinski definition) is 6. The molecule has 2 aliphatic rings. The Morgan fingerprint density at radius 1 is 1.37 bits per heavy atom. The Bertz CT molecular complexity index is 579. The quantitative estimate of drug-likeness (QED) is 0.633. The van der Waals surface area contributed by atoms with Crippen molar-refractivity contribution in [1.82, 2.24) is 0 Å². The Morgan fingerprint density at radius 3 is 2.63 bits per heavy atom. The van der Waals surface area contributed by atoms with Crippen molar-refractivity contribution in [2.75, 3.05) is 20.0 Å². The molecule has 0 radical (unpaired) electrons. The first-order chi connectivity index (χ1) is 9.04. The van der Waals surface area contributed by atoms with Crippen molar-refractivity contribution < 1.29 is 29.0 Å². The van der Waals surface area contributed by atoms with Crippen LogP contribution in [0.5, 0.6) is 11.5 Å². The molecule has 3 rings (SSSR count). The molecule has 1 saturated heterocycles. The molecule has 0 saturated carbocycles. The first-order valence-electron chi connectivity index (χ1n) is 5.44. The highest BCUT2D eigenvalue weighted by atomic mass is 16.7. The van der Waals surface area contributed by atoms with E-state index < -0.39 is 16.3 Å². The molecule has 0 spiro atoms. The Balaban J connectivity index is 2.16. The number of ether oxygens (including phenoxy) is 3. The zero-order valence-corrected chi connectivity index (χ0v) is 9.62. The predicted octanol–water partition coefficient (Wildman–Crippen LogP) is 0.676. The molecule has 0 bridgehead atoms. The number of carbonyl (C=O) groups is 1. The number of nitro benzene ring substituents is 1. The van der Waals surface area contributed by atoms with Gasteiger partial charge in [0.1, 0.15) is 5.41 Å². The maximum atomic E-state index is 11.4. The minimum Gasteiger partial charge on any atom is -0.480 e. The number of benzene rings is 1. The predicted molar refractivity (Wildman–Crippen MR) is 59.4 cm³/mol. The van der Waals surface area contributed by atoms with Gasteiger partial charge >= 0.3 is 11.7 Å². The topological polar surface area (TPSA) is 108 Å². The van der Waals surface area contributed by atoms with Crippen LogP contribution < -0.4 is 9.47 Å². The summed E-state index contributed by atoms with van der Waals surface area (Å²) in [7, 11) is 0. The molecule has 8 nitrogen and oxygen atoms in total. The largest absolute Gasteiger partial charge is 0.480 e. The summed E-state index contributed by atoms with van der Waals surface area (Å²) in [6, 6.07) is 2.68. The van der Waals surface area contributed by atoms with Gasteiger partial charge < -0.3 is 19.3 Å². The highest BCUT2D eigenvalue weighted by Crippen LogP contribution is 2.45. The summed E-state index contributed by atoms with van der Waals surface area (Å²) >= 11 is 0. The molecule has 0 unspecified atom stereocenters. The van der Waals surface area contributed by atoms with Crippen molar-refractivity contribution in [3.63, 3.8) is 0 Å². The maximum Gasteiger partial charge on any atom is 0.318 e. The molecule has 19 heavy (non-hydrogen) atoms.